The fourth-order valence-electron chi connectivity index (χ4n) is 1.37. The Kier molecular flexibility index (Phi) is 3.26. The minimum absolute atomic E-state index is 0.493. The second-order valence-corrected chi connectivity index (χ2v) is 3.90. The molecule has 0 saturated carbocycles. The van der Waals surface area contributed by atoms with Gasteiger partial charge in [0.15, 0.2) is 5.82 Å². The van der Waals surface area contributed by atoms with E-state index in [2.05, 4.69) is 15.4 Å². The van der Waals surface area contributed by atoms with Gasteiger partial charge in [-0.3, -0.25) is 4.68 Å². The molecule has 17 heavy (non-hydrogen) atoms. The van der Waals surface area contributed by atoms with Crippen LogP contribution in [0.3, 0.4) is 0 Å². The first-order valence-electron chi connectivity index (χ1n) is 4.97. The van der Waals surface area contributed by atoms with Crippen LogP contribution in [0.1, 0.15) is 11.4 Å². The Morgan fingerprint density at radius 2 is 2.35 bits per heavy atom. The zero-order chi connectivity index (χ0) is 12.3. The van der Waals surface area contributed by atoms with Crippen molar-refractivity contribution in [2.24, 2.45) is 7.05 Å². The number of hydrogen-bond donors (Lipinski definition) is 1. The smallest absolute Gasteiger partial charge is 0.169 e. The Labute approximate surface area is 104 Å². The number of aryl methyl sites for hydroxylation is 1. The largest absolute Gasteiger partial charge is 0.376 e. The topological polar surface area (TPSA) is 66.5 Å². The lowest BCUT2D eigenvalue weighted by molar-refractivity contribution is 0.747. The fourth-order valence-corrected chi connectivity index (χ4v) is 1.61. The maximum atomic E-state index is 8.71. The molecule has 0 amide bonds. The molecule has 0 saturated heterocycles. The summed E-state index contributed by atoms with van der Waals surface area (Å²) in [6.07, 6.45) is 1.64. The minimum atomic E-state index is 0.493. The maximum absolute atomic E-state index is 8.71. The van der Waals surface area contributed by atoms with E-state index in [1.54, 1.807) is 29.2 Å². The first-order valence-corrected chi connectivity index (χ1v) is 5.35. The Balaban J connectivity index is 2.07. The van der Waals surface area contributed by atoms with E-state index >= 15 is 0 Å². The van der Waals surface area contributed by atoms with E-state index in [1.807, 2.05) is 13.1 Å². The molecule has 0 aliphatic heterocycles. The van der Waals surface area contributed by atoms with Crippen LogP contribution >= 0.6 is 11.6 Å². The molecule has 0 unspecified atom stereocenters. The molecular formula is C11H10ClN5. The summed E-state index contributed by atoms with van der Waals surface area (Å²) in [4.78, 5) is 4.09. The van der Waals surface area contributed by atoms with Crippen molar-refractivity contribution in [1.29, 1.82) is 5.26 Å². The predicted molar refractivity (Wildman–Crippen MR) is 64.5 cm³/mol. The Morgan fingerprint density at radius 3 is 2.94 bits per heavy atom. The second kappa shape index (κ2) is 4.85. The number of hydrogen-bond acceptors (Lipinski definition) is 4. The lowest BCUT2D eigenvalue weighted by Gasteiger charge is -2.06. The van der Waals surface area contributed by atoms with Crippen LogP contribution in [0.2, 0.25) is 5.02 Å². The normalized spacial score (nSPS) is 9.94. The molecule has 0 aliphatic rings. The monoisotopic (exact) mass is 247 g/mol. The zero-order valence-electron chi connectivity index (χ0n) is 9.18. The molecule has 2 rings (SSSR count). The average molecular weight is 248 g/mol. The SMILES string of the molecule is Cn1cnc(CNc2ccc(C#N)cc2Cl)n1. The summed E-state index contributed by atoms with van der Waals surface area (Å²) < 4.78 is 1.64. The quantitative estimate of drug-likeness (QED) is 0.900. The number of benzene rings is 1. The molecule has 86 valence electrons. The van der Waals surface area contributed by atoms with Crippen molar-refractivity contribution in [2.45, 2.75) is 6.54 Å². The molecule has 2 aromatic rings. The van der Waals surface area contributed by atoms with Crippen LogP contribution in [-0.4, -0.2) is 14.8 Å². The Hall–Kier alpha value is -2.06. The van der Waals surface area contributed by atoms with E-state index in [0.717, 1.165) is 5.69 Å². The van der Waals surface area contributed by atoms with Gasteiger partial charge >= 0.3 is 0 Å². The van der Waals surface area contributed by atoms with E-state index in [9.17, 15) is 0 Å². The highest BCUT2D eigenvalue weighted by Gasteiger charge is 2.03. The van der Waals surface area contributed by atoms with Gasteiger partial charge in [0.1, 0.15) is 6.33 Å². The van der Waals surface area contributed by atoms with Crippen molar-refractivity contribution >= 4 is 17.3 Å². The van der Waals surface area contributed by atoms with Crippen molar-refractivity contribution in [2.75, 3.05) is 5.32 Å². The molecule has 5 nitrogen and oxygen atoms in total. The number of halogens is 1. The van der Waals surface area contributed by atoms with Crippen LogP contribution in [0.4, 0.5) is 5.69 Å². The Morgan fingerprint density at radius 1 is 1.53 bits per heavy atom. The van der Waals surface area contributed by atoms with Gasteiger partial charge in [-0.1, -0.05) is 11.6 Å². The van der Waals surface area contributed by atoms with Gasteiger partial charge in [-0.2, -0.15) is 10.4 Å². The van der Waals surface area contributed by atoms with E-state index in [1.165, 1.54) is 0 Å². The third-order valence-corrected chi connectivity index (χ3v) is 2.49. The van der Waals surface area contributed by atoms with Gasteiger partial charge in [-0.15, -0.1) is 0 Å². The van der Waals surface area contributed by atoms with E-state index < -0.39 is 0 Å². The average Bonchev–Trinajstić information content (AvgIpc) is 2.73. The molecular weight excluding hydrogens is 238 g/mol. The summed E-state index contributed by atoms with van der Waals surface area (Å²) in [5.41, 5.74) is 1.30. The molecule has 1 aromatic carbocycles. The fraction of sp³-hybridized carbons (Fsp3) is 0.182. The maximum Gasteiger partial charge on any atom is 0.169 e. The molecule has 1 N–H and O–H groups in total. The molecule has 6 heteroatoms. The number of aromatic nitrogens is 3. The van der Waals surface area contributed by atoms with Crippen LogP contribution in [0.5, 0.6) is 0 Å². The summed E-state index contributed by atoms with van der Waals surface area (Å²) in [6, 6.07) is 7.13. The summed E-state index contributed by atoms with van der Waals surface area (Å²) in [7, 11) is 1.81. The van der Waals surface area contributed by atoms with Crippen molar-refractivity contribution in [3.8, 4) is 6.07 Å². The van der Waals surface area contributed by atoms with Gasteiger partial charge in [-0.25, -0.2) is 4.98 Å². The molecule has 0 fully saturated rings. The highest BCUT2D eigenvalue weighted by atomic mass is 35.5. The third-order valence-electron chi connectivity index (χ3n) is 2.18. The van der Waals surface area contributed by atoms with E-state index in [0.29, 0.717) is 23.0 Å². The number of anilines is 1. The lowest BCUT2D eigenvalue weighted by atomic mass is 10.2. The standard InChI is InChI=1S/C11H10ClN5/c1-17-7-15-11(16-17)6-14-10-3-2-8(5-13)4-9(10)12/h2-4,7,14H,6H2,1H3. The number of nitrogens with zero attached hydrogens (tertiary/aromatic N) is 4. The summed E-state index contributed by atoms with van der Waals surface area (Å²) >= 11 is 6.02. The molecule has 1 heterocycles. The minimum Gasteiger partial charge on any atom is -0.376 e. The number of nitrogens with one attached hydrogen (secondary N) is 1. The number of rotatable bonds is 3. The summed E-state index contributed by atoms with van der Waals surface area (Å²) in [5.74, 6) is 0.688. The van der Waals surface area contributed by atoms with Crippen LogP contribution in [-0.2, 0) is 13.6 Å². The molecule has 1 aromatic heterocycles. The summed E-state index contributed by atoms with van der Waals surface area (Å²) in [6.45, 7) is 0.493. The zero-order valence-corrected chi connectivity index (χ0v) is 9.94. The first-order chi connectivity index (χ1) is 8.19. The summed E-state index contributed by atoms with van der Waals surface area (Å²) in [5, 5.41) is 16.5. The van der Waals surface area contributed by atoms with Crippen LogP contribution in [0.15, 0.2) is 24.5 Å². The molecule has 0 bridgehead atoms. The number of nitriles is 1. The predicted octanol–water partition coefficient (Wildman–Crippen LogP) is 1.95. The van der Waals surface area contributed by atoms with Gasteiger partial charge < -0.3 is 5.32 Å². The van der Waals surface area contributed by atoms with Gasteiger partial charge in [0, 0.05) is 7.05 Å². The molecule has 0 radical (unpaired) electrons. The Bertz CT molecular complexity index is 569. The van der Waals surface area contributed by atoms with Crippen LogP contribution < -0.4 is 5.32 Å². The second-order valence-electron chi connectivity index (χ2n) is 3.49. The van der Waals surface area contributed by atoms with Crippen molar-refractivity contribution < 1.29 is 0 Å². The highest BCUT2D eigenvalue weighted by Crippen LogP contribution is 2.22. The third kappa shape index (κ3) is 2.74. The molecule has 0 atom stereocenters. The lowest BCUT2D eigenvalue weighted by Crippen LogP contribution is -2.02. The van der Waals surface area contributed by atoms with Crippen molar-refractivity contribution in [3.63, 3.8) is 0 Å². The van der Waals surface area contributed by atoms with Gasteiger partial charge in [0.25, 0.3) is 0 Å². The highest BCUT2D eigenvalue weighted by molar-refractivity contribution is 6.33. The molecule has 0 aliphatic carbocycles. The first kappa shape index (κ1) is 11.4. The van der Waals surface area contributed by atoms with Gasteiger partial charge in [-0.05, 0) is 18.2 Å². The van der Waals surface area contributed by atoms with Crippen molar-refractivity contribution in [3.05, 3.63) is 40.9 Å². The van der Waals surface area contributed by atoms with E-state index in [-0.39, 0.29) is 0 Å². The van der Waals surface area contributed by atoms with Crippen LogP contribution in [0, 0.1) is 11.3 Å². The molecule has 0 spiro atoms. The van der Waals surface area contributed by atoms with E-state index in [4.69, 9.17) is 16.9 Å². The van der Waals surface area contributed by atoms with Gasteiger partial charge in [0.05, 0.1) is 28.9 Å². The van der Waals surface area contributed by atoms with Crippen molar-refractivity contribution in [1.82, 2.24) is 14.8 Å². The van der Waals surface area contributed by atoms with Gasteiger partial charge in [0.2, 0.25) is 0 Å². The van der Waals surface area contributed by atoms with Crippen LogP contribution in [0.25, 0.3) is 0 Å².